The fraction of sp³-hybridized carbons (Fsp3) is 0.294. The zero-order valence-electron chi connectivity index (χ0n) is 12.2. The molecule has 2 aromatic rings. The van der Waals surface area contributed by atoms with Crippen LogP contribution in [0.15, 0.2) is 30.3 Å². The first-order valence-corrected chi connectivity index (χ1v) is 6.67. The smallest absolute Gasteiger partial charge is 0.146 e. The standard InChI is InChI=1S/C17H19F2N/c1-10-5-11(2)7-14(6-10)13(4)20-17-9-15(18)12(3)8-16(17)19/h5-9,13,20H,1-4H3. The van der Waals surface area contributed by atoms with E-state index in [1.165, 1.54) is 12.1 Å². The molecule has 0 radical (unpaired) electrons. The van der Waals surface area contributed by atoms with Crippen LogP contribution in [0.4, 0.5) is 14.5 Å². The molecule has 0 aliphatic rings. The van der Waals surface area contributed by atoms with Gasteiger partial charge >= 0.3 is 0 Å². The van der Waals surface area contributed by atoms with Gasteiger partial charge in [-0.05, 0) is 44.9 Å². The van der Waals surface area contributed by atoms with E-state index < -0.39 is 11.6 Å². The average molecular weight is 275 g/mol. The summed E-state index contributed by atoms with van der Waals surface area (Å²) < 4.78 is 27.4. The van der Waals surface area contributed by atoms with Crippen LogP contribution in [0.2, 0.25) is 0 Å². The number of hydrogen-bond donors (Lipinski definition) is 1. The van der Waals surface area contributed by atoms with Crippen molar-refractivity contribution in [2.45, 2.75) is 33.7 Å². The van der Waals surface area contributed by atoms with Crippen molar-refractivity contribution < 1.29 is 8.78 Å². The molecule has 1 N–H and O–H groups in total. The molecule has 0 aromatic heterocycles. The molecule has 106 valence electrons. The quantitative estimate of drug-likeness (QED) is 0.825. The third kappa shape index (κ3) is 3.16. The van der Waals surface area contributed by atoms with Gasteiger partial charge in [0.1, 0.15) is 11.6 Å². The lowest BCUT2D eigenvalue weighted by molar-refractivity contribution is 0.593. The Bertz CT molecular complexity index is 615. The molecular weight excluding hydrogens is 256 g/mol. The fourth-order valence-corrected chi connectivity index (χ4v) is 2.33. The van der Waals surface area contributed by atoms with Crippen LogP contribution in [0.5, 0.6) is 0 Å². The fourth-order valence-electron chi connectivity index (χ4n) is 2.33. The summed E-state index contributed by atoms with van der Waals surface area (Å²) in [7, 11) is 0. The Hall–Kier alpha value is -1.90. The number of benzene rings is 2. The van der Waals surface area contributed by atoms with Gasteiger partial charge < -0.3 is 5.32 Å². The molecule has 0 aliphatic heterocycles. The molecular formula is C17H19F2N. The molecule has 0 saturated heterocycles. The monoisotopic (exact) mass is 275 g/mol. The lowest BCUT2D eigenvalue weighted by atomic mass is 10.0. The largest absolute Gasteiger partial charge is 0.376 e. The Kier molecular flexibility index (Phi) is 4.07. The molecule has 0 fully saturated rings. The Balaban J connectivity index is 2.27. The SMILES string of the molecule is Cc1cc(C)cc(C(C)Nc2cc(F)c(C)cc2F)c1. The molecule has 0 amide bonds. The van der Waals surface area contributed by atoms with Gasteiger partial charge in [0.25, 0.3) is 0 Å². The molecule has 0 spiro atoms. The van der Waals surface area contributed by atoms with Crippen molar-refractivity contribution in [2.24, 2.45) is 0 Å². The maximum atomic E-state index is 13.8. The number of rotatable bonds is 3. The van der Waals surface area contributed by atoms with E-state index in [4.69, 9.17) is 0 Å². The first-order valence-electron chi connectivity index (χ1n) is 6.67. The number of hydrogen-bond acceptors (Lipinski definition) is 1. The van der Waals surface area contributed by atoms with Gasteiger partial charge in [-0.15, -0.1) is 0 Å². The van der Waals surface area contributed by atoms with E-state index in [9.17, 15) is 8.78 Å². The van der Waals surface area contributed by atoms with Crippen molar-refractivity contribution in [1.82, 2.24) is 0 Å². The van der Waals surface area contributed by atoms with Crippen molar-refractivity contribution in [1.29, 1.82) is 0 Å². The van der Waals surface area contributed by atoms with Crippen LogP contribution >= 0.6 is 0 Å². The maximum Gasteiger partial charge on any atom is 0.146 e. The number of halogens is 2. The van der Waals surface area contributed by atoms with Crippen molar-refractivity contribution in [3.63, 3.8) is 0 Å². The third-order valence-corrected chi connectivity index (χ3v) is 3.36. The highest BCUT2D eigenvalue weighted by Gasteiger charge is 2.12. The van der Waals surface area contributed by atoms with Crippen LogP contribution in [0.1, 0.15) is 35.2 Å². The van der Waals surface area contributed by atoms with E-state index >= 15 is 0 Å². The van der Waals surface area contributed by atoms with Crippen LogP contribution in [0, 0.1) is 32.4 Å². The summed E-state index contributed by atoms with van der Waals surface area (Å²) in [6.45, 7) is 7.53. The average Bonchev–Trinajstić information content (AvgIpc) is 2.34. The van der Waals surface area contributed by atoms with E-state index in [1.807, 2.05) is 32.9 Å². The second kappa shape index (κ2) is 5.61. The molecule has 0 heterocycles. The molecule has 1 unspecified atom stereocenters. The van der Waals surface area contributed by atoms with Crippen molar-refractivity contribution in [3.05, 3.63) is 64.2 Å². The molecule has 2 aromatic carbocycles. The Morgan fingerprint density at radius 3 is 2.05 bits per heavy atom. The lowest BCUT2D eigenvalue weighted by Crippen LogP contribution is -2.09. The van der Waals surface area contributed by atoms with Crippen LogP contribution in [-0.2, 0) is 0 Å². The van der Waals surface area contributed by atoms with Gasteiger partial charge in [0.2, 0.25) is 0 Å². The van der Waals surface area contributed by atoms with E-state index in [0.29, 0.717) is 5.56 Å². The molecule has 1 nitrogen and oxygen atoms in total. The van der Waals surface area contributed by atoms with Crippen LogP contribution < -0.4 is 5.32 Å². The van der Waals surface area contributed by atoms with E-state index in [0.717, 1.165) is 16.7 Å². The highest BCUT2D eigenvalue weighted by Crippen LogP contribution is 2.25. The molecule has 0 bridgehead atoms. The van der Waals surface area contributed by atoms with Gasteiger partial charge in [0.15, 0.2) is 0 Å². The topological polar surface area (TPSA) is 12.0 Å². The molecule has 0 saturated carbocycles. The summed E-state index contributed by atoms with van der Waals surface area (Å²) >= 11 is 0. The number of anilines is 1. The summed E-state index contributed by atoms with van der Waals surface area (Å²) in [6.07, 6.45) is 0. The van der Waals surface area contributed by atoms with Crippen LogP contribution in [-0.4, -0.2) is 0 Å². The highest BCUT2D eigenvalue weighted by molar-refractivity contribution is 5.49. The zero-order valence-corrected chi connectivity index (χ0v) is 12.2. The predicted octanol–water partition coefficient (Wildman–Crippen LogP) is 5.06. The van der Waals surface area contributed by atoms with E-state index in [-0.39, 0.29) is 11.7 Å². The summed E-state index contributed by atoms with van der Waals surface area (Å²) in [4.78, 5) is 0. The summed E-state index contributed by atoms with van der Waals surface area (Å²) in [6, 6.07) is 8.52. The van der Waals surface area contributed by atoms with Gasteiger partial charge in [-0.2, -0.15) is 0 Å². The molecule has 2 rings (SSSR count). The summed E-state index contributed by atoms with van der Waals surface area (Å²) in [5.74, 6) is -0.832. The van der Waals surface area contributed by atoms with Crippen molar-refractivity contribution >= 4 is 5.69 Å². The first kappa shape index (κ1) is 14.5. The number of nitrogens with one attached hydrogen (secondary N) is 1. The Morgan fingerprint density at radius 1 is 0.850 bits per heavy atom. The van der Waals surface area contributed by atoms with Gasteiger partial charge in [0.05, 0.1) is 5.69 Å². The van der Waals surface area contributed by atoms with Gasteiger partial charge in [0, 0.05) is 12.1 Å². The Labute approximate surface area is 118 Å². The third-order valence-electron chi connectivity index (χ3n) is 3.36. The zero-order chi connectivity index (χ0) is 14.9. The minimum atomic E-state index is -0.430. The minimum absolute atomic E-state index is 0.0924. The molecule has 1 atom stereocenters. The van der Waals surface area contributed by atoms with Gasteiger partial charge in [-0.25, -0.2) is 8.78 Å². The van der Waals surface area contributed by atoms with E-state index in [2.05, 4.69) is 11.4 Å². The second-order valence-electron chi connectivity index (χ2n) is 5.37. The molecule has 3 heteroatoms. The molecule has 0 aliphatic carbocycles. The minimum Gasteiger partial charge on any atom is -0.376 e. The summed E-state index contributed by atoms with van der Waals surface area (Å²) in [5, 5.41) is 3.03. The van der Waals surface area contributed by atoms with E-state index in [1.54, 1.807) is 6.92 Å². The number of aryl methyl sites for hydroxylation is 3. The van der Waals surface area contributed by atoms with Gasteiger partial charge in [-0.3, -0.25) is 0 Å². The van der Waals surface area contributed by atoms with Crippen molar-refractivity contribution in [2.75, 3.05) is 5.32 Å². The maximum absolute atomic E-state index is 13.8. The van der Waals surface area contributed by atoms with Gasteiger partial charge in [-0.1, -0.05) is 29.3 Å². The van der Waals surface area contributed by atoms with Crippen LogP contribution in [0.25, 0.3) is 0 Å². The van der Waals surface area contributed by atoms with Crippen molar-refractivity contribution in [3.8, 4) is 0 Å². The normalized spacial score (nSPS) is 12.3. The molecule has 20 heavy (non-hydrogen) atoms. The van der Waals surface area contributed by atoms with Crippen LogP contribution in [0.3, 0.4) is 0 Å². The Morgan fingerprint density at radius 2 is 1.45 bits per heavy atom. The highest BCUT2D eigenvalue weighted by atomic mass is 19.1. The first-order chi connectivity index (χ1) is 9.36. The summed E-state index contributed by atoms with van der Waals surface area (Å²) in [5.41, 5.74) is 3.88. The lowest BCUT2D eigenvalue weighted by Gasteiger charge is -2.18. The second-order valence-corrected chi connectivity index (χ2v) is 5.37. The predicted molar refractivity (Wildman–Crippen MR) is 79.0 cm³/mol.